The molecule has 1 aromatic heterocycles. The quantitative estimate of drug-likeness (QED) is 0.729. The van der Waals surface area contributed by atoms with E-state index in [0.29, 0.717) is 0 Å². The van der Waals surface area contributed by atoms with Crippen LogP contribution < -0.4 is 0 Å². The summed E-state index contributed by atoms with van der Waals surface area (Å²) in [5.74, 6) is 1.21. The SMILES string of the molecule is CSCCCn1ccc2c(Cl)cccc21. The lowest BCUT2D eigenvalue weighted by Crippen LogP contribution is -1.96. The fourth-order valence-corrected chi connectivity index (χ4v) is 2.41. The van der Waals surface area contributed by atoms with Crippen LogP contribution in [0.2, 0.25) is 5.02 Å². The van der Waals surface area contributed by atoms with Crippen molar-refractivity contribution in [3.63, 3.8) is 0 Å². The average Bonchev–Trinajstić information content (AvgIpc) is 2.64. The van der Waals surface area contributed by atoms with Crippen LogP contribution in [0, 0.1) is 0 Å². The molecule has 1 heterocycles. The minimum absolute atomic E-state index is 0.844. The third kappa shape index (κ3) is 2.32. The predicted molar refractivity (Wildman–Crippen MR) is 69.9 cm³/mol. The molecule has 3 heteroatoms. The monoisotopic (exact) mass is 239 g/mol. The number of thioether (sulfide) groups is 1. The van der Waals surface area contributed by atoms with Crippen molar-refractivity contribution in [2.45, 2.75) is 13.0 Å². The predicted octanol–water partition coefficient (Wildman–Crippen LogP) is 4.05. The molecular formula is C12H14ClNS. The van der Waals surface area contributed by atoms with Gasteiger partial charge in [0.1, 0.15) is 0 Å². The van der Waals surface area contributed by atoms with E-state index in [1.165, 1.54) is 17.7 Å². The van der Waals surface area contributed by atoms with Crippen LogP contribution in [0.5, 0.6) is 0 Å². The molecule has 0 saturated heterocycles. The standard InChI is InChI=1S/C12H14ClNS/c1-15-9-3-7-14-8-6-10-11(13)4-2-5-12(10)14/h2,4-6,8H,3,7,9H2,1H3. The summed E-state index contributed by atoms with van der Waals surface area (Å²) < 4.78 is 2.28. The Bertz CT molecular complexity index is 450. The molecule has 0 unspecified atom stereocenters. The zero-order chi connectivity index (χ0) is 10.7. The Kier molecular flexibility index (Phi) is 3.60. The summed E-state index contributed by atoms with van der Waals surface area (Å²) in [5.41, 5.74) is 1.24. The third-order valence-corrected chi connectivity index (χ3v) is 3.53. The number of nitrogens with zero attached hydrogens (tertiary/aromatic N) is 1. The highest BCUT2D eigenvalue weighted by molar-refractivity contribution is 7.98. The number of benzene rings is 1. The van der Waals surface area contributed by atoms with E-state index in [2.05, 4.69) is 29.2 Å². The largest absolute Gasteiger partial charge is 0.347 e. The minimum Gasteiger partial charge on any atom is -0.347 e. The van der Waals surface area contributed by atoms with Crippen molar-refractivity contribution >= 4 is 34.3 Å². The minimum atomic E-state index is 0.844. The van der Waals surface area contributed by atoms with Crippen LogP contribution in [-0.2, 0) is 6.54 Å². The summed E-state index contributed by atoms with van der Waals surface area (Å²) in [4.78, 5) is 0. The van der Waals surface area contributed by atoms with Crippen LogP contribution >= 0.6 is 23.4 Å². The molecule has 0 aliphatic heterocycles. The summed E-state index contributed by atoms with van der Waals surface area (Å²) in [5, 5.41) is 2.00. The van der Waals surface area contributed by atoms with Gasteiger partial charge in [-0.1, -0.05) is 17.7 Å². The lowest BCUT2D eigenvalue weighted by Gasteiger charge is -2.04. The van der Waals surface area contributed by atoms with Crippen molar-refractivity contribution in [3.05, 3.63) is 35.5 Å². The van der Waals surface area contributed by atoms with Crippen LogP contribution in [0.4, 0.5) is 0 Å². The van der Waals surface area contributed by atoms with Gasteiger partial charge in [-0.3, -0.25) is 0 Å². The summed E-state index contributed by atoms with van der Waals surface area (Å²) in [6.07, 6.45) is 5.47. The first-order chi connectivity index (χ1) is 7.33. The molecule has 0 saturated carbocycles. The van der Waals surface area contributed by atoms with Crippen molar-refractivity contribution < 1.29 is 0 Å². The molecule has 1 aromatic carbocycles. The second kappa shape index (κ2) is 4.95. The number of aromatic nitrogens is 1. The number of halogens is 1. The molecule has 1 nitrogen and oxygen atoms in total. The summed E-state index contributed by atoms with van der Waals surface area (Å²) in [6.45, 7) is 1.07. The molecule has 80 valence electrons. The Labute approximate surface area is 99.4 Å². The number of fused-ring (bicyclic) bond motifs is 1. The van der Waals surface area contributed by atoms with Gasteiger partial charge < -0.3 is 4.57 Å². The smallest absolute Gasteiger partial charge is 0.0499 e. The van der Waals surface area contributed by atoms with Gasteiger partial charge in [-0.2, -0.15) is 11.8 Å². The fraction of sp³-hybridized carbons (Fsp3) is 0.333. The van der Waals surface area contributed by atoms with Crippen molar-refractivity contribution in [1.29, 1.82) is 0 Å². The Morgan fingerprint density at radius 3 is 3.00 bits per heavy atom. The lowest BCUT2D eigenvalue weighted by molar-refractivity contribution is 0.709. The fourth-order valence-electron chi connectivity index (χ4n) is 1.76. The Hall–Kier alpha value is -0.600. The molecule has 2 aromatic rings. The van der Waals surface area contributed by atoms with Gasteiger partial charge in [0.25, 0.3) is 0 Å². The van der Waals surface area contributed by atoms with Crippen molar-refractivity contribution in [3.8, 4) is 0 Å². The van der Waals surface area contributed by atoms with Crippen molar-refractivity contribution in [2.75, 3.05) is 12.0 Å². The first-order valence-electron chi connectivity index (χ1n) is 5.05. The molecule has 0 fully saturated rings. The molecule has 2 rings (SSSR count). The second-order valence-electron chi connectivity index (χ2n) is 3.53. The number of hydrogen-bond acceptors (Lipinski definition) is 1. The molecule has 0 aliphatic carbocycles. The van der Waals surface area contributed by atoms with Crippen LogP contribution in [0.15, 0.2) is 30.5 Å². The first-order valence-corrected chi connectivity index (χ1v) is 6.82. The van der Waals surface area contributed by atoms with Crippen LogP contribution in [0.25, 0.3) is 10.9 Å². The lowest BCUT2D eigenvalue weighted by atomic mass is 10.2. The topological polar surface area (TPSA) is 4.93 Å². The van der Waals surface area contributed by atoms with E-state index in [0.717, 1.165) is 17.0 Å². The maximum Gasteiger partial charge on any atom is 0.0499 e. The van der Waals surface area contributed by atoms with Crippen LogP contribution in [-0.4, -0.2) is 16.6 Å². The molecule has 15 heavy (non-hydrogen) atoms. The third-order valence-electron chi connectivity index (χ3n) is 2.51. The van der Waals surface area contributed by atoms with Gasteiger partial charge in [-0.05, 0) is 36.6 Å². The molecule has 0 atom stereocenters. The highest BCUT2D eigenvalue weighted by Gasteiger charge is 2.02. The van der Waals surface area contributed by atoms with E-state index in [9.17, 15) is 0 Å². The highest BCUT2D eigenvalue weighted by Crippen LogP contribution is 2.24. The first kappa shape index (κ1) is 10.9. The normalized spacial score (nSPS) is 11.1. The van der Waals surface area contributed by atoms with E-state index < -0.39 is 0 Å². The van der Waals surface area contributed by atoms with Gasteiger partial charge in [-0.25, -0.2) is 0 Å². The molecule has 0 spiro atoms. The number of hydrogen-bond donors (Lipinski definition) is 0. The molecule has 0 amide bonds. The van der Waals surface area contributed by atoms with Crippen LogP contribution in [0.3, 0.4) is 0 Å². The van der Waals surface area contributed by atoms with Gasteiger partial charge in [-0.15, -0.1) is 0 Å². The van der Waals surface area contributed by atoms with Gasteiger partial charge in [0.2, 0.25) is 0 Å². The number of aryl methyl sites for hydroxylation is 1. The van der Waals surface area contributed by atoms with E-state index >= 15 is 0 Å². The molecule has 0 bridgehead atoms. The molecular weight excluding hydrogens is 226 g/mol. The van der Waals surface area contributed by atoms with E-state index in [1.807, 2.05) is 23.9 Å². The van der Waals surface area contributed by atoms with Gasteiger partial charge >= 0.3 is 0 Å². The highest BCUT2D eigenvalue weighted by atomic mass is 35.5. The average molecular weight is 240 g/mol. The van der Waals surface area contributed by atoms with Gasteiger partial charge in [0.05, 0.1) is 0 Å². The zero-order valence-electron chi connectivity index (χ0n) is 8.74. The number of rotatable bonds is 4. The maximum atomic E-state index is 6.11. The summed E-state index contributed by atoms with van der Waals surface area (Å²) in [6, 6.07) is 8.17. The zero-order valence-corrected chi connectivity index (χ0v) is 10.3. The summed E-state index contributed by atoms with van der Waals surface area (Å²) in [7, 11) is 0. The summed E-state index contributed by atoms with van der Waals surface area (Å²) >= 11 is 8.01. The molecule has 0 N–H and O–H groups in total. The molecule has 0 radical (unpaired) electrons. The van der Waals surface area contributed by atoms with E-state index in [-0.39, 0.29) is 0 Å². The van der Waals surface area contributed by atoms with Gasteiger partial charge in [0.15, 0.2) is 0 Å². The second-order valence-corrected chi connectivity index (χ2v) is 4.92. The Morgan fingerprint density at radius 1 is 1.33 bits per heavy atom. The Balaban J connectivity index is 2.25. The maximum absolute atomic E-state index is 6.11. The Morgan fingerprint density at radius 2 is 2.20 bits per heavy atom. The van der Waals surface area contributed by atoms with E-state index in [4.69, 9.17) is 11.6 Å². The molecule has 0 aliphatic rings. The van der Waals surface area contributed by atoms with Gasteiger partial charge in [0, 0.05) is 28.7 Å². The van der Waals surface area contributed by atoms with Crippen molar-refractivity contribution in [2.24, 2.45) is 0 Å². The van der Waals surface area contributed by atoms with Crippen LogP contribution in [0.1, 0.15) is 6.42 Å². The van der Waals surface area contributed by atoms with E-state index in [1.54, 1.807) is 0 Å². The van der Waals surface area contributed by atoms with Crippen molar-refractivity contribution in [1.82, 2.24) is 4.57 Å².